The summed E-state index contributed by atoms with van der Waals surface area (Å²) in [6.45, 7) is 12.2. The molecule has 0 bridgehead atoms. The summed E-state index contributed by atoms with van der Waals surface area (Å²) in [5.74, 6) is 0.512. The van der Waals surface area contributed by atoms with E-state index in [9.17, 15) is 9.00 Å². The lowest BCUT2D eigenvalue weighted by Crippen LogP contribution is -2.53. The molecule has 0 radical (unpaired) electrons. The van der Waals surface area contributed by atoms with Crippen LogP contribution in [0.15, 0.2) is 22.7 Å². The zero-order chi connectivity index (χ0) is 20.7. The van der Waals surface area contributed by atoms with Crippen molar-refractivity contribution < 1.29 is 18.5 Å². The molecule has 3 heterocycles. The Morgan fingerprint density at radius 3 is 2.46 bits per heavy atom. The average Bonchev–Trinajstić information content (AvgIpc) is 2.86. The second kappa shape index (κ2) is 7.13. The van der Waals surface area contributed by atoms with Crippen molar-refractivity contribution in [3.63, 3.8) is 0 Å². The number of hydrogen-bond acceptors (Lipinski definition) is 5. The lowest BCUT2D eigenvalue weighted by molar-refractivity contribution is 0.00548. The molecular weight excluding hydrogens is 378 g/mol. The van der Waals surface area contributed by atoms with Gasteiger partial charge >= 0.3 is 6.09 Å². The summed E-state index contributed by atoms with van der Waals surface area (Å²) >= 11 is 0. The molecule has 0 N–H and O–H groups in total. The Balaban J connectivity index is 1.86. The van der Waals surface area contributed by atoms with Gasteiger partial charge in [0.05, 0.1) is 10.3 Å². The van der Waals surface area contributed by atoms with Crippen LogP contribution in [0.3, 0.4) is 0 Å². The van der Waals surface area contributed by atoms with Gasteiger partial charge in [-0.05, 0) is 53.7 Å². The Hall–Kier alpha value is -1.96. The normalized spacial score (nSPS) is 21.4. The number of carbonyl (C=O) groups excluding carboxylic acids is 1. The number of carbonyl (C=O) groups is 1. The smallest absolute Gasteiger partial charge is 0.410 e. The fourth-order valence-corrected chi connectivity index (χ4v) is 3.90. The summed E-state index contributed by atoms with van der Waals surface area (Å²) in [6.07, 6.45) is 2.44. The fraction of sp³-hybridized carbons (Fsp3) is 0.650. The molecule has 0 aliphatic carbocycles. The van der Waals surface area contributed by atoms with Crippen LogP contribution in [0.2, 0.25) is 0 Å². The molecule has 8 heteroatoms. The van der Waals surface area contributed by atoms with E-state index in [4.69, 9.17) is 9.47 Å². The largest absolute Gasteiger partial charge is 0.464 e. The molecule has 0 saturated carbocycles. The molecule has 1 aromatic rings. The van der Waals surface area contributed by atoms with Gasteiger partial charge in [0, 0.05) is 32.1 Å². The van der Waals surface area contributed by atoms with Gasteiger partial charge in [0.1, 0.15) is 22.3 Å². The first kappa shape index (κ1) is 20.8. The minimum Gasteiger partial charge on any atom is -0.464 e. The SMILES string of the molecule is CC(C)(C)OC(=O)N1CCC2(CC1)Oc1ncccc1/C2=N/S(=O)C(C)(C)C. The Bertz CT molecular complexity index is 815. The number of rotatable bonds is 1. The maximum Gasteiger partial charge on any atom is 0.410 e. The summed E-state index contributed by atoms with van der Waals surface area (Å²) in [5, 5.41) is 0. The van der Waals surface area contributed by atoms with Crippen LogP contribution in [0.5, 0.6) is 5.88 Å². The van der Waals surface area contributed by atoms with Crippen LogP contribution in [-0.4, -0.2) is 54.9 Å². The van der Waals surface area contributed by atoms with E-state index in [2.05, 4.69) is 9.38 Å². The number of hydrogen-bond donors (Lipinski definition) is 0. The molecule has 1 atom stereocenters. The predicted molar refractivity (Wildman–Crippen MR) is 109 cm³/mol. The zero-order valence-electron chi connectivity index (χ0n) is 17.4. The van der Waals surface area contributed by atoms with E-state index in [0.29, 0.717) is 37.5 Å². The van der Waals surface area contributed by atoms with Crippen molar-refractivity contribution in [1.82, 2.24) is 9.88 Å². The number of ether oxygens (including phenoxy) is 2. The van der Waals surface area contributed by atoms with Crippen LogP contribution in [0.1, 0.15) is 59.9 Å². The molecule has 7 nitrogen and oxygen atoms in total. The quantitative estimate of drug-likeness (QED) is 0.712. The molecule has 2 aliphatic rings. The number of fused-ring (bicyclic) bond motifs is 1. The van der Waals surface area contributed by atoms with Crippen LogP contribution in [0.4, 0.5) is 4.79 Å². The molecule has 0 aromatic carbocycles. The van der Waals surface area contributed by atoms with Gasteiger partial charge in [-0.25, -0.2) is 14.0 Å². The Morgan fingerprint density at radius 1 is 1.25 bits per heavy atom. The van der Waals surface area contributed by atoms with Gasteiger partial charge in [-0.1, -0.05) is 0 Å². The van der Waals surface area contributed by atoms with Crippen LogP contribution in [0, 0.1) is 0 Å². The summed E-state index contributed by atoms with van der Waals surface area (Å²) in [5.41, 5.74) is 0.210. The van der Waals surface area contributed by atoms with Crippen LogP contribution in [0.25, 0.3) is 0 Å². The molecule has 1 spiro atoms. The van der Waals surface area contributed by atoms with Gasteiger partial charge in [-0.15, -0.1) is 0 Å². The number of aromatic nitrogens is 1. The third-order valence-electron chi connectivity index (χ3n) is 4.67. The van der Waals surface area contributed by atoms with E-state index in [-0.39, 0.29) is 6.09 Å². The molecule has 3 rings (SSSR count). The summed E-state index contributed by atoms with van der Waals surface area (Å²) in [7, 11) is -1.42. The summed E-state index contributed by atoms with van der Waals surface area (Å²) < 4.78 is 28.6. The highest BCUT2D eigenvalue weighted by Crippen LogP contribution is 2.41. The fourth-order valence-electron chi connectivity index (χ4n) is 3.20. The second-order valence-electron chi connectivity index (χ2n) is 9.22. The van der Waals surface area contributed by atoms with Crippen molar-refractivity contribution in [2.24, 2.45) is 4.40 Å². The number of likely N-dealkylation sites (tertiary alicyclic amines) is 1. The first-order chi connectivity index (χ1) is 12.9. The minimum absolute atomic E-state index is 0.326. The van der Waals surface area contributed by atoms with Crippen molar-refractivity contribution >= 4 is 22.8 Å². The van der Waals surface area contributed by atoms with E-state index >= 15 is 0 Å². The standard InChI is InChI=1S/C20H29N3O4S/c1-18(2,3)27-17(24)23-12-9-20(10-13-23)15(22-28(25)19(4,5)6)14-8-7-11-21-16(14)26-20/h7-8,11H,9-10,12-13H2,1-6H3/b22-15-. The maximum atomic E-state index is 12.7. The molecule has 1 amide bonds. The summed E-state index contributed by atoms with van der Waals surface area (Å²) in [6, 6.07) is 3.72. The van der Waals surface area contributed by atoms with E-state index in [1.54, 1.807) is 11.1 Å². The van der Waals surface area contributed by atoms with Crippen LogP contribution < -0.4 is 4.74 Å². The lowest BCUT2D eigenvalue weighted by atomic mass is 9.85. The highest BCUT2D eigenvalue weighted by molar-refractivity contribution is 7.85. The van der Waals surface area contributed by atoms with Gasteiger partial charge in [0.15, 0.2) is 5.60 Å². The van der Waals surface area contributed by atoms with E-state index < -0.39 is 26.9 Å². The third kappa shape index (κ3) is 4.21. The Morgan fingerprint density at radius 2 is 1.89 bits per heavy atom. The first-order valence-electron chi connectivity index (χ1n) is 9.55. The van der Waals surface area contributed by atoms with Crippen molar-refractivity contribution in [3.05, 3.63) is 23.9 Å². The highest BCUT2D eigenvalue weighted by atomic mass is 32.2. The van der Waals surface area contributed by atoms with Gasteiger partial charge in [0.2, 0.25) is 5.88 Å². The van der Waals surface area contributed by atoms with E-state index in [1.165, 1.54) is 0 Å². The minimum atomic E-state index is -1.42. The Labute approximate surface area is 169 Å². The molecule has 1 unspecified atom stereocenters. The molecule has 154 valence electrons. The monoisotopic (exact) mass is 407 g/mol. The molecule has 28 heavy (non-hydrogen) atoms. The molecule has 1 saturated heterocycles. The number of pyridine rings is 1. The van der Waals surface area contributed by atoms with E-state index in [0.717, 1.165) is 5.56 Å². The predicted octanol–water partition coefficient (Wildman–Crippen LogP) is 3.50. The summed E-state index contributed by atoms with van der Waals surface area (Å²) in [4.78, 5) is 18.4. The van der Waals surface area contributed by atoms with Crippen LogP contribution in [-0.2, 0) is 15.7 Å². The molecule has 1 fully saturated rings. The Kier molecular flexibility index (Phi) is 5.29. The van der Waals surface area contributed by atoms with Crippen molar-refractivity contribution in [2.45, 2.75) is 70.3 Å². The maximum absolute atomic E-state index is 12.7. The molecular formula is C20H29N3O4S. The first-order valence-corrected chi connectivity index (χ1v) is 10.7. The topological polar surface area (TPSA) is 81.1 Å². The molecule has 2 aliphatic heterocycles. The van der Waals surface area contributed by atoms with E-state index in [1.807, 2.05) is 53.7 Å². The van der Waals surface area contributed by atoms with Crippen LogP contribution >= 0.6 is 0 Å². The molecule has 1 aromatic heterocycles. The van der Waals surface area contributed by atoms with Gasteiger partial charge in [0.25, 0.3) is 0 Å². The number of piperidine rings is 1. The van der Waals surface area contributed by atoms with Crippen molar-refractivity contribution in [1.29, 1.82) is 0 Å². The zero-order valence-corrected chi connectivity index (χ0v) is 18.3. The van der Waals surface area contributed by atoms with Gasteiger partial charge in [-0.2, -0.15) is 4.40 Å². The van der Waals surface area contributed by atoms with Crippen molar-refractivity contribution in [3.8, 4) is 5.88 Å². The van der Waals surface area contributed by atoms with Gasteiger partial charge < -0.3 is 14.4 Å². The van der Waals surface area contributed by atoms with Crippen molar-refractivity contribution in [2.75, 3.05) is 13.1 Å². The number of nitrogens with zero attached hydrogens (tertiary/aromatic N) is 3. The second-order valence-corrected chi connectivity index (χ2v) is 11.1. The van der Waals surface area contributed by atoms with Gasteiger partial charge in [-0.3, -0.25) is 0 Å². The number of amides is 1. The lowest BCUT2D eigenvalue weighted by Gasteiger charge is -2.39. The average molecular weight is 408 g/mol. The third-order valence-corrected chi connectivity index (χ3v) is 6.07. The highest BCUT2D eigenvalue weighted by Gasteiger charge is 2.50.